The maximum Gasteiger partial charge on any atom is 0.341 e. The number of hydrogen-bond acceptors (Lipinski definition) is 5. The van der Waals surface area contributed by atoms with Crippen molar-refractivity contribution in [2.45, 2.75) is 53.0 Å². The molecule has 1 N–H and O–H groups in total. The summed E-state index contributed by atoms with van der Waals surface area (Å²) in [6.07, 6.45) is 4.00. The third kappa shape index (κ3) is 5.34. The number of carbonyl (C=O) groups is 2. The fraction of sp³-hybridized carbons (Fsp3) is 0.542. The minimum Gasteiger partial charge on any atom is -0.462 e. The normalized spacial score (nSPS) is 17.4. The fourth-order valence-corrected chi connectivity index (χ4v) is 4.08. The van der Waals surface area contributed by atoms with Crippen molar-refractivity contribution < 1.29 is 14.3 Å². The Morgan fingerprint density at radius 2 is 1.97 bits per heavy atom. The minimum absolute atomic E-state index is 0.0834. The number of nitrogens with one attached hydrogen (secondary N) is 1. The summed E-state index contributed by atoms with van der Waals surface area (Å²) in [7, 11) is 0. The monoisotopic (exact) mass is 426 g/mol. The van der Waals surface area contributed by atoms with Gasteiger partial charge in [-0.2, -0.15) is 5.10 Å². The standard InChI is InChI=1S/C24H34N4O3/c1-6-31-23(30)21-14-26-28(18(21)3)20-11-9-19(10-12-20)22(29)25-16-24(4,5)27-13-7-8-17(2)15-27/h9-12,14,17H,6-8,13,15-16H2,1-5H3,(H,25,29). The lowest BCUT2D eigenvalue weighted by atomic mass is 9.93. The first kappa shape index (κ1) is 23.0. The molecule has 2 heterocycles. The van der Waals surface area contributed by atoms with Crippen LogP contribution in [0.3, 0.4) is 0 Å². The highest BCUT2D eigenvalue weighted by atomic mass is 16.5. The van der Waals surface area contributed by atoms with Crippen molar-refractivity contribution in [1.82, 2.24) is 20.0 Å². The van der Waals surface area contributed by atoms with Gasteiger partial charge in [-0.3, -0.25) is 9.69 Å². The number of rotatable bonds is 7. The molecule has 0 spiro atoms. The van der Waals surface area contributed by atoms with Crippen molar-refractivity contribution in [3.8, 4) is 5.69 Å². The fourth-order valence-electron chi connectivity index (χ4n) is 4.08. The van der Waals surface area contributed by atoms with Crippen LogP contribution >= 0.6 is 0 Å². The molecule has 1 aliphatic heterocycles. The molecule has 1 aliphatic rings. The Morgan fingerprint density at radius 1 is 1.26 bits per heavy atom. The molecule has 1 amide bonds. The second-order valence-corrected chi connectivity index (χ2v) is 9.01. The lowest BCUT2D eigenvalue weighted by Gasteiger charge is -2.43. The Hall–Kier alpha value is -2.67. The van der Waals surface area contributed by atoms with Crippen LogP contribution in [0, 0.1) is 12.8 Å². The average molecular weight is 427 g/mol. The molecule has 0 radical (unpaired) electrons. The maximum atomic E-state index is 12.7. The van der Waals surface area contributed by atoms with Gasteiger partial charge in [0, 0.05) is 24.2 Å². The summed E-state index contributed by atoms with van der Waals surface area (Å²) >= 11 is 0. The topological polar surface area (TPSA) is 76.5 Å². The van der Waals surface area contributed by atoms with Crippen LogP contribution in [-0.4, -0.2) is 58.3 Å². The highest BCUT2D eigenvalue weighted by Gasteiger charge is 2.30. The van der Waals surface area contributed by atoms with Crippen LogP contribution in [0.1, 0.15) is 66.9 Å². The highest BCUT2D eigenvalue weighted by Crippen LogP contribution is 2.23. The zero-order chi connectivity index (χ0) is 22.6. The molecule has 168 valence electrons. The van der Waals surface area contributed by atoms with Crippen molar-refractivity contribution in [2.75, 3.05) is 26.2 Å². The number of hydrogen-bond donors (Lipinski definition) is 1. The van der Waals surface area contributed by atoms with E-state index in [-0.39, 0.29) is 17.4 Å². The molecule has 7 heteroatoms. The molecule has 0 saturated carbocycles. The van der Waals surface area contributed by atoms with Gasteiger partial charge in [0.25, 0.3) is 5.91 Å². The van der Waals surface area contributed by atoms with Gasteiger partial charge < -0.3 is 10.1 Å². The predicted octanol–water partition coefficient (Wildman–Crippen LogP) is 3.60. The third-order valence-electron chi connectivity index (χ3n) is 6.07. The zero-order valence-electron chi connectivity index (χ0n) is 19.3. The van der Waals surface area contributed by atoms with Crippen molar-refractivity contribution in [3.05, 3.63) is 47.3 Å². The predicted molar refractivity (Wildman–Crippen MR) is 121 cm³/mol. The summed E-state index contributed by atoms with van der Waals surface area (Å²) in [5, 5.41) is 7.39. The first-order chi connectivity index (χ1) is 14.7. The summed E-state index contributed by atoms with van der Waals surface area (Å²) in [6, 6.07) is 7.24. The van der Waals surface area contributed by atoms with Crippen LogP contribution in [0.25, 0.3) is 5.69 Å². The summed E-state index contributed by atoms with van der Waals surface area (Å²) < 4.78 is 6.74. The second-order valence-electron chi connectivity index (χ2n) is 9.01. The Balaban J connectivity index is 1.63. The van der Waals surface area contributed by atoms with Gasteiger partial charge in [0.15, 0.2) is 0 Å². The van der Waals surface area contributed by atoms with Crippen LogP contribution in [0.5, 0.6) is 0 Å². The molecule has 31 heavy (non-hydrogen) atoms. The van der Waals surface area contributed by atoms with Gasteiger partial charge >= 0.3 is 5.97 Å². The number of benzene rings is 1. The van der Waals surface area contributed by atoms with Gasteiger partial charge in [0.2, 0.25) is 0 Å². The van der Waals surface area contributed by atoms with E-state index in [1.165, 1.54) is 19.0 Å². The largest absolute Gasteiger partial charge is 0.462 e. The van der Waals surface area contributed by atoms with Crippen LogP contribution in [0.2, 0.25) is 0 Å². The molecule has 1 aromatic heterocycles. The number of nitrogens with zero attached hydrogens (tertiary/aromatic N) is 3. The SMILES string of the molecule is CCOC(=O)c1cnn(-c2ccc(C(=O)NCC(C)(C)N3CCCC(C)C3)cc2)c1C. The minimum atomic E-state index is -0.382. The van der Waals surface area contributed by atoms with E-state index in [2.05, 4.69) is 36.1 Å². The van der Waals surface area contributed by atoms with Gasteiger partial charge in [-0.15, -0.1) is 0 Å². The molecule has 1 aromatic carbocycles. The number of esters is 1. The smallest absolute Gasteiger partial charge is 0.341 e. The maximum absolute atomic E-state index is 12.7. The summed E-state index contributed by atoms with van der Waals surface area (Å²) in [5.41, 5.74) is 2.44. The molecular weight excluding hydrogens is 392 g/mol. The molecule has 0 aliphatic carbocycles. The van der Waals surface area contributed by atoms with Crippen molar-refractivity contribution in [2.24, 2.45) is 5.92 Å². The van der Waals surface area contributed by atoms with Crippen LogP contribution in [-0.2, 0) is 4.74 Å². The zero-order valence-corrected chi connectivity index (χ0v) is 19.3. The van der Waals surface area contributed by atoms with Crippen LogP contribution < -0.4 is 5.32 Å². The number of amides is 1. The van der Waals surface area contributed by atoms with Gasteiger partial charge in [-0.05, 0) is 77.3 Å². The third-order valence-corrected chi connectivity index (χ3v) is 6.07. The number of piperidine rings is 1. The van der Waals surface area contributed by atoms with E-state index < -0.39 is 0 Å². The van der Waals surface area contributed by atoms with Crippen molar-refractivity contribution in [1.29, 1.82) is 0 Å². The molecule has 1 fully saturated rings. The van der Waals surface area contributed by atoms with E-state index in [0.29, 0.717) is 35.9 Å². The summed E-state index contributed by atoms with van der Waals surface area (Å²) in [5.74, 6) is 0.230. The summed E-state index contributed by atoms with van der Waals surface area (Å²) in [4.78, 5) is 27.2. The number of likely N-dealkylation sites (tertiary alicyclic amines) is 1. The second kappa shape index (κ2) is 9.64. The van der Waals surface area contributed by atoms with Crippen molar-refractivity contribution >= 4 is 11.9 Å². The summed E-state index contributed by atoms with van der Waals surface area (Å²) in [6.45, 7) is 13.3. The van der Waals surface area contributed by atoms with E-state index in [0.717, 1.165) is 18.8 Å². The Bertz CT molecular complexity index is 917. The van der Waals surface area contributed by atoms with Crippen LogP contribution in [0.4, 0.5) is 0 Å². The molecule has 1 saturated heterocycles. The first-order valence-electron chi connectivity index (χ1n) is 11.1. The van der Waals surface area contributed by atoms with E-state index >= 15 is 0 Å². The number of ether oxygens (including phenoxy) is 1. The lowest BCUT2D eigenvalue weighted by molar-refractivity contribution is 0.0525. The van der Waals surface area contributed by atoms with E-state index in [1.54, 1.807) is 23.7 Å². The molecule has 1 atom stereocenters. The van der Waals surface area contributed by atoms with Gasteiger partial charge in [0.05, 0.1) is 24.2 Å². The lowest BCUT2D eigenvalue weighted by Crippen LogP contribution is -2.54. The van der Waals surface area contributed by atoms with E-state index in [1.807, 2.05) is 19.1 Å². The number of aromatic nitrogens is 2. The molecule has 0 bridgehead atoms. The van der Waals surface area contributed by atoms with Gasteiger partial charge in [0.1, 0.15) is 5.56 Å². The quantitative estimate of drug-likeness (QED) is 0.685. The first-order valence-corrected chi connectivity index (χ1v) is 11.1. The average Bonchev–Trinajstić information content (AvgIpc) is 3.14. The molecular formula is C24H34N4O3. The van der Waals surface area contributed by atoms with Gasteiger partial charge in [-0.25, -0.2) is 9.48 Å². The molecule has 3 rings (SSSR count). The Kier molecular flexibility index (Phi) is 7.15. The number of carbonyl (C=O) groups excluding carboxylic acids is 2. The van der Waals surface area contributed by atoms with E-state index in [4.69, 9.17) is 4.74 Å². The van der Waals surface area contributed by atoms with Crippen molar-refractivity contribution in [3.63, 3.8) is 0 Å². The van der Waals surface area contributed by atoms with E-state index in [9.17, 15) is 9.59 Å². The molecule has 1 unspecified atom stereocenters. The Labute approximate surface area is 184 Å². The molecule has 7 nitrogen and oxygen atoms in total. The van der Waals surface area contributed by atoms with Crippen LogP contribution in [0.15, 0.2) is 30.5 Å². The van der Waals surface area contributed by atoms with Gasteiger partial charge in [-0.1, -0.05) is 6.92 Å². The Morgan fingerprint density at radius 3 is 2.61 bits per heavy atom. The highest BCUT2D eigenvalue weighted by molar-refractivity contribution is 5.94. The molecule has 2 aromatic rings.